The van der Waals surface area contributed by atoms with Gasteiger partial charge in [0.25, 0.3) is 10.1 Å². The fourth-order valence-corrected chi connectivity index (χ4v) is 2.25. The molecule has 0 fully saturated rings. The predicted molar refractivity (Wildman–Crippen MR) is 62.6 cm³/mol. The van der Waals surface area contributed by atoms with Crippen molar-refractivity contribution < 1.29 is 17.0 Å². The quantitative estimate of drug-likeness (QED) is 0.796. The molecule has 2 rings (SSSR count). The summed E-state index contributed by atoms with van der Waals surface area (Å²) >= 11 is 0. The van der Waals surface area contributed by atoms with Crippen molar-refractivity contribution in [1.82, 2.24) is 4.98 Å². The molecule has 1 aromatic carbocycles. The molecule has 94 valence electrons. The second-order valence-corrected chi connectivity index (χ2v) is 5.16. The summed E-state index contributed by atoms with van der Waals surface area (Å²) in [4.78, 5) is 3.67. The zero-order chi connectivity index (χ0) is 13.0. The Labute approximate surface area is 104 Å². The molecule has 0 amide bonds. The van der Waals surface area contributed by atoms with Crippen LogP contribution in [0.1, 0.15) is 5.56 Å². The minimum Gasteiger partial charge on any atom is -0.261 e. The first-order chi connectivity index (χ1) is 8.58. The van der Waals surface area contributed by atoms with Crippen molar-refractivity contribution in [2.75, 3.05) is 0 Å². The highest BCUT2D eigenvalue weighted by atomic mass is 32.2. The highest BCUT2D eigenvalue weighted by Crippen LogP contribution is 2.13. The van der Waals surface area contributed by atoms with Crippen molar-refractivity contribution in [1.29, 1.82) is 0 Å². The van der Waals surface area contributed by atoms with Gasteiger partial charge in [0.1, 0.15) is 5.82 Å². The Bertz CT molecular complexity index is 629. The average molecular weight is 267 g/mol. The normalized spacial score (nSPS) is 11.4. The van der Waals surface area contributed by atoms with Crippen molar-refractivity contribution in [3.8, 4) is 0 Å². The van der Waals surface area contributed by atoms with Crippen LogP contribution in [-0.4, -0.2) is 13.4 Å². The number of pyridine rings is 1. The summed E-state index contributed by atoms with van der Waals surface area (Å²) in [6.45, 7) is -0.248. The maximum absolute atomic E-state index is 12.8. The van der Waals surface area contributed by atoms with Gasteiger partial charge in [-0.2, -0.15) is 8.42 Å². The molecule has 0 saturated carbocycles. The summed E-state index contributed by atoms with van der Waals surface area (Å²) < 4.78 is 41.2. The first kappa shape index (κ1) is 12.7. The van der Waals surface area contributed by atoms with Crippen LogP contribution in [0.4, 0.5) is 4.39 Å². The Balaban J connectivity index is 2.11. The molecule has 0 radical (unpaired) electrons. The average Bonchev–Trinajstić information content (AvgIpc) is 2.38. The van der Waals surface area contributed by atoms with E-state index in [1.807, 2.05) is 0 Å². The number of hydrogen-bond donors (Lipinski definition) is 0. The highest BCUT2D eigenvalue weighted by Gasteiger charge is 2.14. The van der Waals surface area contributed by atoms with Crippen molar-refractivity contribution in [3.05, 3.63) is 60.2 Å². The number of aromatic nitrogens is 1. The summed E-state index contributed by atoms with van der Waals surface area (Å²) in [6.07, 6.45) is 2.39. The number of benzene rings is 1. The summed E-state index contributed by atoms with van der Waals surface area (Å²) in [5, 5.41) is 0. The van der Waals surface area contributed by atoms with E-state index in [1.54, 1.807) is 18.2 Å². The van der Waals surface area contributed by atoms with E-state index in [1.165, 1.54) is 24.4 Å². The Morgan fingerprint density at radius 1 is 1.17 bits per heavy atom. The molecule has 0 aliphatic carbocycles. The van der Waals surface area contributed by atoms with Crippen LogP contribution in [0, 0.1) is 5.82 Å². The number of rotatable bonds is 4. The first-order valence-corrected chi connectivity index (χ1v) is 6.53. The molecule has 0 saturated heterocycles. The molecule has 0 aliphatic heterocycles. The Kier molecular flexibility index (Phi) is 3.69. The molecular formula is C12H10FNO3S. The maximum atomic E-state index is 12.8. The number of hydrogen-bond acceptors (Lipinski definition) is 4. The van der Waals surface area contributed by atoms with Crippen LogP contribution >= 0.6 is 0 Å². The van der Waals surface area contributed by atoms with Gasteiger partial charge in [0, 0.05) is 11.8 Å². The summed E-state index contributed by atoms with van der Waals surface area (Å²) in [7, 11) is -3.82. The zero-order valence-electron chi connectivity index (χ0n) is 9.28. The van der Waals surface area contributed by atoms with Crippen molar-refractivity contribution in [2.24, 2.45) is 0 Å². The van der Waals surface area contributed by atoms with E-state index in [-0.39, 0.29) is 11.5 Å². The van der Waals surface area contributed by atoms with Gasteiger partial charge in [-0.25, -0.2) is 4.39 Å². The predicted octanol–water partition coefficient (Wildman–Crippen LogP) is 2.13. The molecule has 0 unspecified atom stereocenters. The van der Waals surface area contributed by atoms with Crippen LogP contribution in [0.2, 0.25) is 0 Å². The Hall–Kier alpha value is -1.79. The maximum Gasteiger partial charge on any atom is 0.297 e. The largest absolute Gasteiger partial charge is 0.297 e. The lowest BCUT2D eigenvalue weighted by Crippen LogP contribution is -2.06. The van der Waals surface area contributed by atoms with E-state index in [2.05, 4.69) is 4.98 Å². The smallest absolute Gasteiger partial charge is 0.261 e. The molecule has 6 heteroatoms. The summed E-state index contributed by atoms with van der Waals surface area (Å²) in [5.74, 6) is -0.534. The van der Waals surface area contributed by atoms with Gasteiger partial charge in [0.05, 0.1) is 17.7 Å². The molecule has 4 nitrogen and oxygen atoms in total. The SMILES string of the molecule is O=S(=O)(OCc1cncc(F)c1)c1ccccc1. The van der Waals surface area contributed by atoms with Gasteiger partial charge in [0.15, 0.2) is 0 Å². The van der Waals surface area contributed by atoms with E-state index < -0.39 is 15.9 Å². The van der Waals surface area contributed by atoms with Crippen LogP contribution in [0.3, 0.4) is 0 Å². The van der Waals surface area contributed by atoms with E-state index in [9.17, 15) is 12.8 Å². The highest BCUT2D eigenvalue weighted by molar-refractivity contribution is 7.86. The van der Waals surface area contributed by atoms with Crippen molar-refractivity contribution in [2.45, 2.75) is 11.5 Å². The van der Waals surface area contributed by atoms with Gasteiger partial charge in [-0.1, -0.05) is 18.2 Å². The van der Waals surface area contributed by atoms with Gasteiger partial charge in [0.2, 0.25) is 0 Å². The van der Waals surface area contributed by atoms with Crippen molar-refractivity contribution >= 4 is 10.1 Å². The van der Waals surface area contributed by atoms with Gasteiger partial charge in [-0.15, -0.1) is 0 Å². The molecule has 2 aromatic rings. The van der Waals surface area contributed by atoms with Gasteiger partial charge in [-0.3, -0.25) is 9.17 Å². The lowest BCUT2D eigenvalue weighted by molar-refractivity contribution is 0.307. The van der Waals surface area contributed by atoms with E-state index >= 15 is 0 Å². The van der Waals surface area contributed by atoms with E-state index in [0.717, 1.165) is 6.20 Å². The minimum atomic E-state index is -3.82. The molecular weight excluding hydrogens is 257 g/mol. The molecule has 0 N–H and O–H groups in total. The van der Waals surface area contributed by atoms with E-state index in [0.29, 0.717) is 5.56 Å². The Morgan fingerprint density at radius 3 is 2.56 bits per heavy atom. The number of halogens is 1. The molecule has 0 spiro atoms. The number of nitrogens with zero attached hydrogens (tertiary/aromatic N) is 1. The minimum absolute atomic E-state index is 0.0642. The monoisotopic (exact) mass is 267 g/mol. The van der Waals surface area contributed by atoms with Gasteiger partial charge >= 0.3 is 0 Å². The van der Waals surface area contributed by atoms with Crippen LogP contribution in [-0.2, 0) is 20.9 Å². The first-order valence-electron chi connectivity index (χ1n) is 5.12. The lowest BCUT2D eigenvalue weighted by Gasteiger charge is -2.05. The fourth-order valence-electron chi connectivity index (χ4n) is 1.34. The second-order valence-electron chi connectivity index (χ2n) is 3.54. The third-order valence-electron chi connectivity index (χ3n) is 2.17. The van der Waals surface area contributed by atoms with Crippen LogP contribution in [0.15, 0.2) is 53.7 Å². The van der Waals surface area contributed by atoms with Gasteiger partial charge < -0.3 is 0 Å². The Morgan fingerprint density at radius 2 is 1.89 bits per heavy atom. The third kappa shape index (κ3) is 3.12. The molecule has 18 heavy (non-hydrogen) atoms. The van der Waals surface area contributed by atoms with Gasteiger partial charge in [-0.05, 0) is 18.2 Å². The van der Waals surface area contributed by atoms with Crippen LogP contribution in [0.25, 0.3) is 0 Å². The molecule has 0 aliphatic rings. The van der Waals surface area contributed by atoms with Crippen LogP contribution in [0.5, 0.6) is 0 Å². The summed E-state index contributed by atoms with van der Waals surface area (Å²) in [5.41, 5.74) is 0.356. The topological polar surface area (TPSA) is 56.3 Å². The molecule has 0 bridgehead atoms. The standard InChI is InChI=1S/C12H10FNO3S/c13-11-6-10(7-14-8-11)9-17-18(15,16)12-4-2-1-3-5-12/h1-8H,9H2. The second kappa shape index (κ2) is 5.24. The molecule has 1 heterocycles. The fraction of sp³-hybridized carbons (Fsp3) is 0.0833. The molecule has 0 atom stereocenters. The summed E-state index contributed by atoms with van der Waals surface area (Å²) in [6, 6.07) is 8.93. The van der Waals surface area contributed by atoms with Crippen LogP contribution < -0.4 is 0 Å². The van der Waals surface area contributed by atoms with Crippen molar-refractivity contribution in [3.63, 3.8) is 0 Å². The molecule has 1 aromatic heterocycles. The van der Waals surface area contributed by atoms with E-state index in [4.69, 9.17) is 4.18 Å². The lowest BCUT2D eigenvalue weighted by atomic mass is 10.3. The zero-order valence-corrected chi connectivity index (χ0v) is 10.1. The third-order valence-corrected chi connectivity index (χ3v) is 3.45.